The molecule has 2 atom stereocenters. The Bertz CT molecular complexity index is 265. The Morgan fingerprint density at radius 3 is 3.00 bits per heavy atom. The Morgan fingerprint density at radius 1 is 1.39 bits per heavy atom. The Balaban J connectivity index is 1.81. The van der Waals surface area contributed by atoms with Crippen molar-refractivity contribution in [1.82, 2.24) is 10.2 Å². The third-order valence-electron chi connectivity index (χ3n) is 3.90. The van der Waals surface area contributed by atoms with Gasteiger partial charge in [0.1, 0.15) is 0 Å². The molecule has 0 radical (unpaired) electrons. The molecule has 104 valence electrons. The van der Waals surface area contributed by atoms with Gasteiger partial charge < -0.3 is 15.0 Å². The van der Waals surface area contributed by atoms with E-state index in [1.54, 1.807) is 0 Å². The van der Waals surface area contributed by atoms with E-state index in [1.807, 2.05) is 0 Å². The van der Waals surface area contributed by atoms with Crippen molar-refractivity contribution >= 4 is 5.91 Å². The highest BCUT2D eigenvalue weighted by atomic mass is 16.5. The van der Waals surface area contributed by atoms with Crippen LogP contribution in [0.3, 0.4) is 0 Å². The summed E-state index contributed by atoms with van der Waals surface area (Å²) >= 11 is 0. The molecule has 1 amide bonds. The number of carbonyl (C=O) groups is 1. The first-order valence-electron chi connectivity index (χ1n) is 7.41. The summed E-state index contributed by atoms with van der Waals surface area (Å²) in [6, 6.07) is 0.0585. The van der Waals surface area contributed by atoms with Gasteiger partial charge in [0.05, 0.1) is 12.6 Å². The highest BCUT2D eigenvalue weighted by Crippen LogP contribution is 2.19. The van der Waals surface area contributed by atoms with E-state index in [2.05, 4.69) is 17.1 Å². The molecule has 0 aliphatic carbocycles. The van der Waals surface area contributed by atoms with Crippen molar-refractivity contribution in [2.45, 2.75) is 45.1 Å². The van der Waals surface area contributed by atoms with Crippen LogP contribution in [0, 0.1) is 5.92 Å². The summed E-state index contributed by atoms with van der Waals surface area (Å²) in [5.41, 5.74) is 0. The molecule has 0 aromatic heterocycles. The summed E-state index contributed by atoms with van der Waals surface area (Å²) < 4.78 is 5.50. The molecule has 2 heterocycles. The number of piperidine rings is 1. The second-order valence-electron chi connectivity index (χ2n) is 5.52. The second-order valence-corrected chi connectivity index (χ2v) is 5.52. The molecule has 0 spiro atoms. The maximum Gasteiger partial charge on any atom is 0.239 e. The van der Waals surface area contributed by atoms with E-state index in [9.17, 15) is 4.79 Å². The minimum atomic E-state index is 0.0585. The van der Waals surface area contributed by atoms with Gasteiger partial charge in [-0.2, -0.15) is 0 Å². The molecule has 0 aromatic rings. The minimum absolute atomic E-state index is 0.0585. The molecule has 0 saturated carbocycles. The van der Waals surface area contributed by atoms with E-state index >= 15 is 0 Å². The molecule has 18 heavy (non-hydrogen) atoms. The second kappa shape index (κ2) is 7.10. The lowest BCUT2D eigenvalue weighted by Crippen LogP contribution is -2.52. The van der Waals surface area contributed by atoms with Crippen LogP contribution in [-0.4, -0.2) is 49.7 Å². The average molecular weight is 254 g/mol. The summed E-state index contributed by atoms with van der Waals surface area (Å²) in [4.78, 5) is 14.4. The molecular formula is C14H26N2O2. The number of nitrogens with one attached hydrogen (secondary N) is 1. The Labute approximate surface area is 110 Å². The lowest BCUT2D eigenvalue weighted by atomic mass is 9.98. The van der Waals surface area contributed by atoms with Crippen molar-refractivity contribution in [3.8, 4) is 0 Å². The quantitative estimate of drug-likeness (QED) is 0.806. The third-order valence-corrected chi connectivity index (χ3v) is 3.90. The maximum atomic E-state index is 12.3. The number of hydrogen-bond donors (Lipinski definition) is 1. The van der Waals surface area contributed by atoms with E-state index in [1.165, 1.54) is 6.42 Å². The van der Waals surface area contributed by atoms with Crippen LogP contribution in [0.25, 0.3) is 0 Å². The van der Waals surface area contributed by atoms with Gasteiger partial charge in [0.25, 0.3) is 0 Å². The molecule has 4 nitrogen and oxygen atoms in total. The van der Waals surface area contributed by atoms with E-state index in [0.29, 0.717) is 11.8 Å². The molecular weight excluding hydrogens is 228 g/mol. The Hall–Kier alpha value is -0.610. The number of ether oxygens (including phenoxy) is 1. The smallest absolute Gasteiger partial charge is 0.239 e. The van der Waals surface area contributed by atoms with Crippen LogP contribution in [0.2, 0.25) is 0 Å². The summed E-state index contributed by atoms with van der Waals surface area (Å²) in [5.74, 6) is 0.855. The van der Waals surface area contributed by atoms with Crippen molar-refractivity contribution in [2.75, 3.05) is 32.8 Å². The number of amides is 1. The fourth-order valence-electron chi connectivity index (χ4n) is 2.89. The van der Waals surface area contributed by atoms with Crippen LogP contribution in [0.15, 0.2) is 0 Å². The van der Waals surface area contributed by atoms with Crippen LogP contribution in [0.5, 0.6) is 0 Å². The molecule has 2 aliphatic heterocycles. The molecule has 0 aromatic carbocycles. The van der Waals surface area contributed by atoms with Gasteiger partial charge in [-0.15, -0.1) is 0 Å². The van der Waals surface area contributed by atoms with Gasteiger partial charge in [-0.25, -0.2) is 0 Å². The van der Waals surface area contributed by atoms with Gasteiger partial charge in [0.2, 0.25) is 5.91 Å². The highest BCUT2D eigenvalue weighted by molar-refractivity contribution is 5.82. The van der Waals surface area contributed by atoms with Crippen LogP contribution in [0.1, 0.15) is 39.0 Å². The topological polar surface area (TPSA) is 41.6 Å². The van der Waals surface area contributed by atoms with Crippen LogP contribution >= 0.6 is 0 Å². The average Bonchev–Trinajstić information content (AvgIpc) is 2.41. The third kappa shape index (κ3) is 3.69. The van der Waals surface area contributed by atoms with Gasteiger partial charge >= 0.3 is 0 Å². The summed E-state index contributed by atoms with van der Waals surface area (Å²) in [6.45, 7) is 6.62. The SMILES string of the molecule is CCCNC1CCCN(CC2CCCOC2)C1=O. The first kappa shape index (κ1) is 13.8. The predicted molar refractivity (Wildman–Crippen MR) is 71.4 cm³/mol. The lowest BCUT2D eigenvalue weighted by molar-refractivity contribution is -0.137. The Kier molecular flexibility index (Phi) is 5.45. The lowest BCUT2D eigenvalue weighted by Gasteiger charge is -2.36. The van der Waals surface area contributed by atoms with Crippen molar-refractivity contribution in [2.24, 2.45) is 5.92 Å². The van der Waals surface area contributed by atoms with E-state index in [-0.39, 0.29) is 6.04 Å². The molecule has 2 aliphatic rings. The van der Waals surface area contributed by atoms with E-state index < -0.39 is 0 Å². The van der Waals surface area contributed by atoms with Crippen molar-refractivity contribution in [3.05, 3.63) is 0 Å². The van der Waals surface area contributed by atoms with Crippen LogP contribution < -0.4 is 5.32 Å². The highest BCUT2D eigenvalue weighted by Gasteiger charge is 2.29. The molecule has 2 rings (SSSR count). The molecule has 0 bridgehead atoms. The van der Waals surface area contributed by atoms with Gasteiger partial charge in [-0.05, 0) is 44.6 Å². The first-order chi connectivity index (χ1) is 8.81. The zero-order valence-electron chi connectivity index (χ0n) is 11.5. The Morgan fingerprint density at radius 2 is 2.28 bits per heavy atom. The standard InChI is InChI=1S/C14H26N2O2/c1-2-7-15-13-6-3-8-16(14(13)17)10-12-5-4-9-18-11-12/h12-13,15H,2-11H2,1H3. The minimum Gasteiger partial charge on any atom is -0.381 e. The van der Waals surface area contributed by atoms with Gasteiger partial charge in [0.15, 0.2) is 0 Å². The molecule has 4 heteroatoms. The molecule has 2 fully saturated rings. The summed E-state index contributed by atoms with van der Waals surface area (Å²) in [6.07, 6.45) is 5.55. The van der Waals surface area contributed by atoms with Crippen molar-refractivity contribution in [1.29, 1.82) is 0 Å². The zero-order valence-corrected chi connectivity index (χ0v) is 11.5. The largest absolute Gasteiger partial charge is 0.381 e. The number of carbonyl (C=O) groups excluding carboxylic acids is 1. The normalized spacial score (nSPS) is 29.6. The van der Waals surface area contributed by atoms with Crippen LogP contribution in [-0.2, 0) is 9.53 Å². The first-order valence-corrected chi connectivity index (χ1v) is 7.41. The van der Waals surface area contributed by atoms with Gasteiger partial charge in [0, 0.05) is 19.7 Å². The van der Waals surface area contributed by atoms with Crippen molar-refractivity contribution in [3.63, 3.8) is 0 Å². The number of hydrogen-bond acceptors (Lipinski definition) is 3. The fourth-order valence-corrected chi connectivity index (χ4v) is 2.89. The fraction of sp³-hybridized carbons (Fsp3) is 0.929. The number of rotatable bonds is 5. The van der Waals surface area contributed by atoms with Crippen molar-refractivity contribution < 1.29 is 9.53 Å². The molecule has 2 saturated heterocycles. The summed E-state index contributed by atoms with van der Waals surface area (Å²) in [7, 11) is 0. The number of likely N-dealkylation sites (tertiary alicyclic amines) is 1. The predicted octanol–water partition coefficient (Wildman–Crippen LogP) is 1.40. The van der Waals surface area contributed by atoms with E-state index in [0.717, 1.165) is 58.5 Å². The monoisotopic (exact) mass is 254 g/mol. The molecule has 2 unspecified atom stereocenters. The van der Waals surface area contributed by atoms with E-state index in [4.69, 9.17) is 4.74 Å². The molecule has 1 N–H and O–H groups in total. The maximum absolute atomic E-state index is 12.3. The summed E-state index contributed by atoms with van der Waals surface area (Å²) in [5, 5.41) is 3.37. The van der Waals surface area contributed by atoms with Gasteiger partial charge in [-0.1, -0.05) is 6.92 Å². The number of nitrogens with zero attached hydrogens (tertiary/aromatic N) is 1. The van der Waals surface area contributed by atoms with Gasteiger partial charge in [-0.3, -0.25) is 4.79 Å². The zero-order chi connectivity index (χ0) is 12.8. The van der Waals surface area contributed by atoms with Crippen LogP contribution in [0.4, 0.5) is 0 Å².